The fourth-order valence-corrected chi connectivity index (χ4v) is 5.18. The third-order valence-corrected chi connectivity index (χ3v) is 7.29. The fourth-order valence-electron chi connectivity index (χ4n) is 3.43. The van der Waals surface area contributed by atoms with Crippen molar-refractivity contribution in [2.75, 3.05) is 0 Å². The van der Waals surface area contributed by atoms with Crippen molar-refractivity contribution < 1.29 is 17.6 Å². The summed E-state index contributed by atoms with van der Waals surface area (Å²) in [5, 5.41) is 2.10. The minimum atomic E-state index is -3.99. The molecule has 0 aliphatic carbocycles. The molecule has 3 aromatic carbocycles. The number of sulfone groups is 1. The van der Waals surface area contributed by atoms with Crippen LogP contribution in [0.3, 0.4) is 0 Å². The van der Waals surface area contributed by atoms with Gasteiger partial charge in [-0.05, 0) is 47.5 Å². The lowest BCUT2D eigenvalue weighted by Crippen LogP contribution is -2.39. The molecule has 1 amide bonds. The van der Waals surface area contributed by atoms with Crippen LogP contribution in [0.2, 0.25) is 5.02 Å². The number of aromatic nitrogens is 1. The first kappa shape index (κ1) is 22.7. The van der Waals surface area contributed by atoms with E-state index < -0.39 is 27.2 Å². The van der Waals surface area contributed by atoms with Gasteiger partial charge in [-0.1, -0.05) is 54.1 Å². The van der Waals surface area contributed by atoms with Crippen molar-refractivity contribution in [2.24, 2.45) is 5.73 Å². The quantitative estimate of drug-likeness (QED) is 0.388. The van der Waals surface area contributed by atoms with Gasteiger partial charge in [0.05, 0.1) is 11.1 Å². The van der Waals surface area contributed by atoms with Crippen LogP contribution in [0.25, 0.3) is 11.5 Å². The SMILES string of the molecule is NC(=O)C(N[C@@H](c1ccc(-c2ncco2)cc1)S(=O)(=O)c1ccc(Cl)cc1)c1ccccc1. The summed E-state index contributed by atoms with van der Waals surface area (Å²) in [6.45, 7) is 0. The molecule has 0 aliphatic heterocycles. The molecular formula is C24H20ClN3O4S. The van der Waals surface area contributed by atoms with Gasteiger partial charge in [-0.15, -0.1) is 0 Å². The highest BCUT2D eigenvalue weighted by atomic mass is 35.5. The second kappa shape index (κ2) is 9.58. The molecule has 1 aromatic heterocycles. The summed E-state index contributed by atoms with van der Waals surface area (Å²) < 4.78 is 32.6. The summed E-state index contributed by atoms with van der Waals surface area (Å²) in [6, 6.07) is 20.2. The first-order valence-corrected chi connectivity index (χ1v) is 11.9. The highest BCUT2D eigenvalue weighted by Crippen LogP contribution is 2.31. The summed E-state index contributed by atoms with van der Waals surface area (Å²) in [5.74, 6) is -0.292. The van der Waals surface area contributed by atoms with E-state index in [1.807, 2.05) is 0 Å². The number of primary amides is 1. The molecule has 4 rings (SSSR count). The Labute approximate surface area is 196 Å². The third kappa shape index (κ3) is 4.98. The van der Waals surface area contributed by atoms with E-state index in [-0.39, 0.29) is 4.90 Å². The number of benzene rings is 3. The van der Waals surface area contributed by atoms with E-state index in [1.165, 1.54) is 36.7 Å². The number of rotatable bonds is 8. The van der Waals surface area contributed by atoms with Crippen LogP contribution >= 0.6 is 11.6 Å². The Morgan fingerprint density at radius 2 is 1.61 bits per heavy atom. The molecule has 9 heteroatoms. The lowest BCUT2D eigenvalue weighted by atomic mass is 10.1. The molecule has 0 saturated carbocycles. The standard InChI is InChI=1S/C24H20ClN3O4S/c25-19-10-12-20(13-11-19)33(30,31)24(28-21(22(26)29)16-4-2-1-3-5-16)18-8-6-17(7-9-18)23-27-14-15-32-23/h1-15,21,24,28H,(H2,26,29)/t21?,24-/m1/s1. The van der Waals surface area contributed by atoms with Crippen molar-refractivity contribution in [1.82, 2.24) is 10.3 Å². The zero-order valence-corrected chi connectivity index (χ0v) is 18.8. The Balaban J connectivity index is 1.78. The molecule has 0 saturated heterocycles. The number of halogens is 1. The van der Waals surface area contributed by atoms with Crippen LogP contribution in [0.15, 0.2) is 101 Å². The van der Waals surface area contributed by atoms with Gasteiger partial charge in [-0.3, -0.25) is 10.1 Å². The largest absolute Gasteiger partial charge is 0.445 e. The average molecular weight is 482 g/mol. The smallest absolute Gasteiger partial charge is 0.239 e. The maximum atomic E-state index is 13.7. The second-order valence-corrected chi connectivity index (χ2v) is 9.72. The number of nitrogens with two attached hydrogens (primary N) is 1. The molecular weight excluding hydrogens is 462 g/mol. The first-order valence-electron chi connectivity index (χ1n) is 9.96. The number of hydrogen-bond acceptors (Lipinski definition) is 6. The molecule has 0 spiro atoms. The van der Waals surface area contributed by atoms with Crippen molar-refractivity contribution in [2.45, 2.75) is 16.3 Å². The van der Waals surface area contributed by atoms with Crippen molar-refractivity contribution in [3.05, 3.63) is 107 Å². The number of oxazole rings is 1. The number of amides is 1. The van der Waals surface area contributed by atoms with E-state index in [0.29, 0.717) is 27.6 Å². The van der Waals surface area contributed by atoms with Crippen molar-refractivity contribution >= 4 is 27.3 Å². The van der Waals surface area contributed by atoms with E-state index in [2.05, 4.69) is 10.3 Å². The maximum absolute atomic E-state index is 13.7. The first-order chi connectivity index (χ1) is 15.9. The molecule has 2 atom stereocenters. The van der Waals surface area contributed by atoms with E-state index >= 15 is 0 Å². The van der Waals surface area contributed by atoms with Gasteiger partial charge in [0.15, 0.2) is 9.84 Å². The van der Waals surface area contributed by atoms with Gasteiger partial charge in [-0.2, -0.15) is 0 Å². The molecule has 33 heavy (non-hydrogen) atoms. The Morgan fingerprint density at radius 1 is 0.939 bits per heavy atom. The molecule has 3 N–H and O–H groups in total. The van der Waals surface area contributed by atoms with Gasteiger partial charge in [0, 0.05) is 10.6 Å². The maximum Gasteiger partial charge on any atom is 0.239 e. The molecule has 0 aliphatic rings. The van der Waals surface area contributed by atoms with Crippen LogP contribution in [-0.2, 0) is 14.6 Å². The Bertz CT molecular complexity index is 1330. The minimum absolute atomic E-state index is 0.0532. The van der Waals surface area contributed by atoms with Gasteiger partial charge in [0.2, 0.25) is 11.8 Å². The van der Waals surface area contributed by atoms with Gasteiger partial charge in [-0.25, -0.2) is 13.4 Å². The van der Waals surface area contributed by atoms with Crippen molar-refractivity contribution in [1.29, 1.82) is 0 Å². The highest BCUT2D eigenvalue weighted by molar-refractivity contribution is 7.91. The van der Waals surface area contributed by atoms with E-state index in [0.717, 1.165) is 0 Å². The molecule has 168 valence electrons. The van der Waals surface area contributed by atoms with Gasteiger partial charge in [0.25, 0.3) is 0 Å². The molecule has 1 unspecified atom stereocenters. The Kier molecular flexibility index (Phi) is 6.60. The van der Waals surface area contributed by atoms with Crippen molar-refractivity contribution in [3.8, 4) is 11.5 Å². The van der Waals surface area contributed by atoms with E-state index in [4.69, 9.17) is 21.8 Å². The van der Waals surface area contributed by atoms with Crippen LogP contribution in [0.5, 0.6) is 0 Å². The molecule has 7 nitrogen and oxygen atoms in total. The zero-order valence-electron chi connectivity index (χ0n) is 17.3. The molecule has 4 aromatic rings. The Morgan fingerprint density at radius 3 is 2.18 bits per heavy atom. The van der Waals surface area contributed by atoms with E-state index in [1.54, 1.807) is 54.6 Å². The predicted molar refractivity (Wildman–Crippen MR) is 125 cm³/mol. The predicted octanol–water partition coefficient (Wildman–Crippen LogP) is 4.28. The topological polar surface area (TPSA) is 115 Å². The lowest BCUT2D eigenvalue weighted by Gasteiger charge is -2.25. The van der Waals surface area contributed by atoms with Gasteiger partial charge < -0.3 is 10.2 Å². The monoisotopic (exact) mass is 481 g/mol. The number of carbonyl (C=O) groups is 1. The van der Waals surface area contributed by atoms with Crippen molar-refractivity contribution in [3.63, 3.8) is 0 Å². The molecule has 1 heterocycles. The van der Waals surface area contributed by atoms with Crippen LogP contribution in [0, 0.1) is 0 Å². The van der Waals surface area contributed by atoms with Gasteiger partial charge >= 0.3 is 0 Å². The number of carbonyl (C=O) groups excluding carboxylic acids is 1. The normalized spacial score (nSPS) is 13.4. The van der Waals surface area contributed by atoms with E-state index in [9.17, 15) is 13.2 Å². The summed E-state index contributed by atoms with van der Waals surface area (Å²) in [6.07, 6.45) is 2.98. The number of nitrogens with zero attached hydrogens (tertiary/aromatic N) is 1. The number of nitrogens with one attached hydrogen (secondary N) is 1. The zero-order chi connectivity index (χ0) is 23.4. The fraction of sp³-hybridized carbons (Fsp3) is 0.0833. The highest BCUT2D eigenvalue weighted by Gasteiger charge is 2.33. The number of hydrogen-bond donors (Lipinski definition) is 2. The third-order valence-electron chi connectivity index (χ3n) is 5.08. The molecule has 0 bridgehead atoms. The van der Waals surface area contributed by atoms with Crippen LogP contribution in [0.1, 0.15) is 22.5 Å². The summed E-state index contributed by atoms with van der Waals surface area (Å²) in [5.41, 5.74) is 7.30. The summed E-state index contributed by atoms with van der Waals surface area (Å²) in [7, 11) is -3.99. The molecule has 0 radical (unpaired) electrons. The van der Waals surface area contributed by atoms with Crippen LogP contribution < -0.4 is 11.1 Å². The lowest BCUT2D eigenvalue weighted by molar-refractivity contribution is -0.120. The molecule has 0 fully saturated rings. The Hall–Kier alpha value is -3.46. The summed E-state index contributed by atoms with van der Waals surface area (Å²) in [4.78, 5) is 16.5. The second-order valence-electron chi connectivity index (χ2n) is 7.25. The van der Waals surface area contributed by atoms with Crippen LogP contribution in [0.4, 0.5) is 0 Å². The average Bonchev–Trinajstić information content (AvgIpc) is 3.35. The minimum Gasteiger partial charge on any atom is -0.445 e. The summed E-state index contributed by atoms with van der Waals surface area (Å²) >= 11 is 5.94. The van der Waals surface area contributed by atoms with Gasteiger partial charge in [0.1, 0.15) is 17.7 Å². The van der Waals surface area contributed by atoms with Crippen LogP contribution in [-0.4, -0.2) is 19.3 Å².